The van der Waals surface area contributed by atoms with Crippen LogP contribution >= 0.6 is 0 Å². The summed E-state index contributed by atoms with van der Waals surface area (Å²) in [6.07, 6.45) is 2.53. The zero-order valence-corrected chi connectivity index (χ0v) is 12.0. The van der Waals surface area contributed by atoms with Gasteiger partial charge in [-0.15, -0.1) is 0 Å². The van der Waals surface area contributed by atoms with Crippen molar-refractivity contribution in [3.63, 3.8) is 0 Å². The summed E-state index contributed by atoms with van der Waals surface area (Å²) in [5.41, 5.74) is 1.12. The van der Waals surface area contributed by atoms with Gasteiger partial charge >= 0.3 is 0 Å². The van der Waals surface area contributed by atoms with E-state index >= 15 is 0 Å². The van der Waals surface area contributed by atoms with Crippen molar-refractivity contribution in [2.45, 2.75) is 32.7 Å². The molecule has 0 bridgehead atoms. The maximum atomic E-state index is 12.3. The fourth-order valence-electron chi connectivity index (χ4n) is 2.47. The van der Waals surface area contributed by atoms with Crippen LogP contribution in [-0.4, -0.2) is 41.2 Å². The van der Waals surface area contributed by atoms with Crippen molar-refractivity contribution in [3.05, 3.63) is 35.9 Å². The summed E-state index contributed by atoms with van der Waals surface area (Å²) < 4.78 is 0. The molecule has 0 aromatic heterocycles. The molecule has 0 radical (unpaired) electrons. The Hall–Kier alpha value is -1.84. The van der Waals surface area contributed by atoms with Crippen LogP contribution in [0.5, 0.6) is 0 Å². The third-order valence-electron chi connectivity index (χ3n) is 3.70. The fraction of sp³-hybridized carbons (Fsp3) is 0.500. The van der Waals surface area contributed by atoms with Crippen LogP contribution in [0.25, 0.3) is 0 Å². The zero-order chi connectivity index (χ0) is 14.4. The van der Waals surface area contributed by atoms with Crippen LogP contribution in [0.3, 0.4) is 0 Å². The van der Waals surface area contributed by atoms with Crippen molar-refractivity contribution < 1.29 is 9.59 Å². The van der Waals surface area contributed by atoms with Crippen molar-refractivity contribution in [1.29, 1.82) is 0 Å². The van der Waals surface area contributed by atoms with Gasteiger partial charge in [-0.25, -0.2) is 0 Å². The molecule has 0 aliphatic carbocycles. The molecule has 0 atom stereocenters. The summed E-state index contributed by atoms with van der Waals surface area (Å²) >= 11 is 0. The maximum Gasteiger partial charge on any atom is 0.242 e. The lowest BCUT2D eigenvalue weighted by Crippen LogP contribution is -2.44. The molecule has 1 aliphatic rings. The molecule has 1 fully saturated rings. The maximum absolute atomic E-state index is 12.3. The van der Waals surface area contributed by atoms with Crippen LogP contribution in [0.4, 0.5) is 0 Å². The molecule has 0 spiro atoms. The highest BCUT2D eigenvalue weighted by molar-refractivity contribution is 5.85. The predicted octanol–water partition coefficient (Wildman–Crippen LogP) is 2.05. The van der Waals surface area contributed by atoms with Gasteiger partial charge in [0.1, 0.15) is 0 Å². The highest BCUT2D eigenvalue weighted by Gasteiger charge is 2.22. The number of rotatable bonds is 5. The number of amides is 2. The highest BCUT2D eigenvalue weighted by Crippen LogP contribution is 2.11. The largest absolute Gasteiger partial charge is 0.337 e. The Morgan fingerprint density at radius 3 is 2.65 bits per heavy atom. The first kappa shape index (κ1) is 14.6. The van der Waals surface area contributed by atoms with E-state index in [0.29, 0.717) is 26.1 Å². The Bertz CT molecular complexity index is 459. The van der Waals surface area contributed by atoms with Gasteiger partial charge in [-0.05, 0) is 25.3 Å². The molecular weight excluding hydrogens is 252 g/mol. The van der Waals surface area contributed by atoms with Gasteiger partial charge in [-0.1, -0.05) is 30.3 Å². The lowest BCUT2D eigenvalue weighted by molar-refractivity contribution is -0.142. The molecule has 0 N–H and O–H groups in total. The molecule has 20 heavy (non-hydrogen) atoms. The molecule has 0 unspecified atom stereocenters. The van der Waals surface area contributed by atoms with Gasteiger partial charge in [0, 0.05) is 26.1 Å². The number of nitrogens with zero attached hydrogens (tertiary/aromatic N) is 2. The Kier molecular flexibility index (Phi) is 5.16. The number of carbonyl (C=O) groups excluding carboxylic acids is 2. The Morgan fingerprint density at radius 2 is 2.00 bits per heavy atom. The first-order chi connectivity index (χ1) is 9.70. The van der Waals surface area contributed by atoms with Gasteiger partial charge in [-0.2, -0.15) is 0 Å². The molecule has 1 aliphatic heterocycles. The summed E-state index contributed by atoms with van der Waals surface area (Å²) in [4.78, 5) is 27.6. The van der Waals surface area contributed by atoms with Gasteiger partial charge in [0.25, 0.3) is 0 Å². The number of hydrogen-bond acceptors (Lipinski definition) is 2. The molecule has 1 heterocycles. The second-order valence-electron chi connectivity index (χ2n) is 5.17. The first-order valence-corrected chi connectivity index (χ1v) is 7.30. The molecule has 1 saturated heterocycles. The smallest absolute Gasteiger partial charge is 0.242 e. The molecule has 0 saturated carbocycles. The minimum atomic E-state index is 0.0339. The van der Waals surface area contributed by atoms with Crippen molar-refractivity contribution in [2.24, 2.45) is 0 Å². The topological polar surface area (TPSA) is 40.6 Å². The molecule has 1 aromatic rings. The van der Waals surface area contributed by atoms with Crippen LogP contribution in [0.15, 0.2) is 30.3 Å². The van der Waals surface area contributed by atoms with E-state index in [1.54, 1.807) is 9.80 Å². The van der Waals surface area contributed by atoms with Crippen LogP contribution in [0, 0.1) is 0 Å². The predicted molar refractivity (Wildman–Crippen MR) is 78.0 cm³/mol. The molecule has 2 amide bonds. The van der Waals surface area contributed by atoms with E-state index in [-0.39, 0.29) is 18.4 Å². The second-order valence-corrected chi connectivity index (χ2v) is 5.17. The van der Waals surface area contributed by atoms with Gasteiger partial charge in [0.05, 0.1) is 6.54 Å². The van der Waals surface area contributed by atoms with Crippen LogP contribution < -0.4 is 0 Å². The average Bonchev–Trinajstić information content (AvgIpc) is 2.48. The monoisotopic (exact) mass is 274 g/mol. The number of benzene rings is 1. The van der Waals surface area contributed by atoms with Crippen LogP contribution in [0.1, 0.15) is 31.7 Å². The minimum absolute atomic E-state index is 0.0339. The van der Waals surface area contributed by atoms with Crippen LogP contribution in [-0.2, 0) is 16.1 Å². The summed E-state index contributed by atoms with van der Waals surface area (Å²) in [5.74, 6) is 0.145. The molecule has 2 rings (SSSR count). The van der Waals surface area contributed by atoms with Crippen molar-refractivity contribution >= 4 is 11.8 Å². The third-order valence-corrected chi connectivity index (χ3v) is 3.70. The normalized spacial score (nSPS) is 15.2. The van der Waals surface area contributed by atoms with E-state index in [0.717, 1.165) is 18.4 Å². The summed E-state index contributed by atoms with van der Waals surface area (Å²) in [5, 5.41) is 0. The van der Waals surface area contributed by atoms with E-state index in [2.05, 4.69) is 0 Å². The molecule has 4 nitrogen and oxygen atoms in total. The quantitative estimate of drug-likeness (QED) is 0.824. The molecular formula is C16H22N2O2. The molecule has 108 valence electrons. The lowest BCUT2D eigenvalue weighted by Gasteiger charge is -2.29. The molecule has 1 aromatic carbocycles. The Balaban J connectivity index is 1.93. The summed E-state index contributed by atoms with van der Waals surface area (Å²) in [6.45, 7) is 4.18. The third kappa shape index (κ3) is 3.83. The number of likely N-dealkylation sites (N-methyl/N-ethyl adjacent to an activating group) is 1. The SMILES string of the molecule is CCN(Cc1ccccc1)C(=O)CN1CCCCC1=O. The van der Waals surface area contributed by atoms with E-state index in [1.807, 2.05) is 37.3 Å². The number of likely N-dealkylation sites (tertiary alicyclic amines) is 1. The van der Waals surface area contributed by atoms with E-state index in [9.17, 15) is 9.59 Å². The van der Waals surface area contributed by atoms with E-state index in [1.165, 1.54) is 0 Å². The summed E-state index contributed by atoms with van der Waals surface area (Å²) in [7, 11) is 0. The minimum Gasteiger partial charge on any atom is -0.337 e. The van der Waals surface area contributed by atoms with E-state index in [4.69, 9.17) is 0 Å². The Labute approximate surface area is 120 Å². The zero-order valence-electron chi connectivity index (χ0n) is 12.0. The van der Waals surface area contributed by atoms with Gasteiger partial charge in [-0.3, -0.25) is 9.59 Å². The van der Waals surface area contributed by atoms with Crippen LogP contribution in [0.2, 0.25) is 0 Å². The van der Waals surface area contributed by atoms with Gasteiger partial charge in [0.15, 0.2) is 0 Å². The second kappa shape index (κ2) is 7.08. The van der Waals surface area contributed by atoms with Gasteiger partial charge < -0.3 is 9.80 Å². The fourth-order valence-corrected chi connectivity index (χ4v) is 2.47. The highest BCUT2D eigenvalue weighted by atomic mass is 16.2. The van der Waals surface area contributed by atoms with E-state index < -0.39 is 0 Å². The van der Waals surface area contributed by atoms with Crippen molar-refractivity contribution in [2.75, 3.05) is 19.6 Å². The van der Waals surface area contributed by atoms with Crippen molar-refractivity contribution in [3.8, 4) is 0 Å². The standard InChI is InChI=1S/C16H22N2O2/c1-2-17(12-14-8-4-3-5-9-14)16(20)13-18-11-7-6-10-15(18)19/h3-5,8-9H,2,6-7,10-13H2,1H3. The molecule has 4 heteroatoms. The lowest BCUT2D eigenvalue weighted by atomic mass is 10.1. The Morgan fingerprint density at radius 1 is 1.25 bits per heavy atom. The number of carbonyl (C=O) groups is 2. The van der Waals surface area contributed by atoms with Crippen molar-refractivity contribution in [1.82, 2.24) is 9.80 Å². The van der Waals surface area contributed by atoms with Gasteiger partial charge in [0.2, 0.25) is 11.8 Å². The number of piperidine rings is 1. The average molecular weight is 274 g/mol. The number of hydrogen-bond donors (Lipinski definition) is 0. The summed E-state index contributed by atoms with van der Waals surface area (Å²) in [6, 6.07) is 9.95. The first-order valence-electron chi connectivity index (χ1n) is 7.30.